The molecular formula is C10H11ClN2S. The average molecular weight is 227 g/mol. The van der Waals surface area contributed by atoms with E-state index in [-0.39, 0.29) is 6.04 Å². The first kappa shape index (κ1) is 9.90. The third kappa shape index (κ3) is 1.75. The number of aromatic nitrogens is 1. The SMILES string of the molecule is CCC(N)c1nc2ccc(Cl)cc2s1. The fourth-order valence-corrected chi connectivity index (χ4v) is 2.58. The third-order valence-electron chi connectivity index (χ3n) is 2.12. The molecule has 0 aliphatic heterocycles. The topological polar surface area (TPSA) is 38.9 Å². The van der Waals surface area contributed by atoms with Crippen molar-refractivity contribution in [1.29, 1.82) is 0 Å². The highest BCUT2D eigenvalue weighted by atomic mass is 35.5. The van der Waals surface area contributed by atoms with Gasteiger partial charge in [-0.1, -0.05) is 18.5 Å². The van der Waals surface area contributed by atoms with E-state index in [1.807, 2.05) is 18.2 Å². The van der Waals surface area contributed by atoms with Crippen molar-refractivity contribution in [2.75, 3.05) is 0 Å². The summed E-state index contributed by atoms with van der Waals surface area (Å²) >= 11 is 7.51. The minimum atomic E-state index is 0.0474. The number of halogens is 1. The molecule has 0 aliphatic rings. The second-order valence-corrected chi connectivity index (χ2v) is 4.68. The maximum Gasteiger partial charge on any atom is 0.111 e. The van der Waals surface area contributed by atoms with Gasteiger partial charge in [0.25, 0.3) is 0 Å². The molecule has 0 saturated carbocycles. The van der Waals surface area contributed by atoms with Gasteiger partial charge >= 0.3 is 0 Å². The van der Waals surface area contributed by atoms with Crippen LogP contribution < -0.4 is 5.73 Å². The van der Waals surface area contributed by atoms with Crippen LogP contribution in [0.3, 0.4) is 0 Å². The van der Waals surface area contributed by atoms with Crippen molar-refractivity contribution in [3.8, 4) is 0 Å². The standard InChI is InChI=1S/C10H11ClN2S/c1-2-7(12)10-13-8-4-3-6(11)5-9(8)14-10/h3-5,7H,2,12H2,1H3. The van der Waals surface area contributed by atoms with Gasteiger partial charge < -0.3 is 5.73 Å². The van der Waals surface area contributed by atoms with E-state index in [0.29, 0.717) is 0 Å². The molecule has 1 atom stereocenters. The maximum atomic E-state index is 5.91. The van der Waals surface area contributed by atoms with E-state index >= 15 is 0 Å². The smallest absolute Gasteiger partial charge is 0.111 e. The van der Waals surface area contributed by atoms with Gasteiger partial charge in [-0.05, 0) is 24.6 Å². The van der Waals surface area contributed by atoms with Gasteiger partial charge in [-0.15, -0.1) is 11.3 Å². The van der Waals surface area contributed by atoms with Crippen molar-refractivity contribution in [3.63, 3.8) is 0 Å². The zero-order valence-electron chi connectivity index (χ0n) is 7.83. The van der Waals surface area contributed by atoms with Gasteiger partial charge in [0.05, 0.1) is 16.3 Å². The van der Waals surface area contributed by atoms with Gasteiger partial charge in [0, 0.05) is 5.02 Å². The minimum absolute atomic E-state index is 0.0474. The molecule has 0 fully saturated rings. The molecule has 2 rings (SSSR count). The summed E-state index contributed by atoms with van der Waals surface area (Å²) in [7, 11) is 0. The predicted molar refractivity (Wildman–Crippen MR) is 61.8 cm³/mol. The van der Waals surface area contributed by atoms with Gasteiger partial charge in [-0.3, -0.25) is 0 Å². The highest BCUT2D eigenvalue weighted by Crippen LogP contribution is 2.28. The molecule has 14 heavy (non-hydrogen) atoms. The number of benzene rings is 1. The first-order valence-electron chi connectivity index (χ1n) is 4.52. The molecule has 2 nitrogen and oxygen atoms in total. The van der Waals surface area contributed by atoms with Crippen molar-refractivity contribution in [2.45, 2.75) is 19.4 Å². The van der Waals surface area contributed by atoms with Crippen molar-refractivity contribution in [2.24, 2.45) is 5.73 Å². The van der Waals surface area contributed by atoms with Gasteiger partial charge in [0.15, 0.2) is 0 Å². The molecule has 0 aliphatic carbocycles. The summed E-state index contributed by atoms with van der Waals surface area (Å²) in [6.07, 6.45) is 0.910. The lowest BCUT2D eigenvalue weighted by molar-refractivity contribution is 0.694. The summed E-state index contributed by atoms with van der Waals surface area (Å²) in [6, 6.07) is 5.76. The average Bonchev–Trinajstić information content (AvgIpc) is 2.59. The van der Waals surface area contributed by atoms with Crippen LogP contribution in [0.5, 0.6) is 0 Å². The number of hydrogen-bond donors (Lipinski definition) is 1. The number of nitrogens with two attached hydrogens (primary N) is 1. The van der Waals surface area contributed by atoms with E-state index in [1.54, 1.807) is 11.3 Å². The summed E-state index contributed by atoms with van der Waals surface area (Å²) < 4.78 is 1.11. The van der Waals surface area contributed by atoms with E-state index in [9.17, 15) is 0 Å². The van der Waals surface area contributed by atoms with Crippen LogP contribution in [-0.4, -0.2) is 4.98 Å². The monoisotopic (exact) mass is 226 g/mol. The van der Waals surface area contributed by atoms with E-state index in [2.05, 4.69) is 11.9 Å². The molecule has 0 spiro atoms. The van der Waals surface area contributed by atoms with Crippen LogP contribution >= 0.6 is 22.9 Å². The Morgan fingerprint density at radius 3 is 3.07 bits per heavy atom. The molecule has 1 aromatic carbocycles. The zero-order valence-corrected chi connectivity index (χ0v) is 9.40. The lowest BCUT2D eigenvalue weighted by Crippen LogP contribution is -2.07. The molecule has 0 saturated heterocycles. The summed E-state index contributed by atoms with van der Waals surface area (Å²) in [6.45, 7) is 2.06. The Bertz CT molecular complexity index is 452. The molecule has 1 aromatic heterocycles. The Morgan fingerprint density at radius 2 is 2.36 bits per heavy atom. The van der Waals surface area contributed by atoms with Crippen LogP contribution in [0, 0.1) is 0 Å². The van der Waals surface area contributed by atoms with Crippen LogP contribution in [0.15, 0.2) is 18.2 Å². The number of rotatable bonds is 2. The lowest BCUT2D eigenvalue weighted by Gasteiger charge is -2.01. The van der Waals surface area contributed by atoms with Gasteiger partial charge in [-0.25, -0.2) is 4.98 Å². The summed E-state index contributed by atoms with van der Waals surface area (Å²) in [4.78, 5) is 4.46. The van der Waals surface area contributed by atoms with E-state index < -0.39 is 0 Å². The molecule has 4 heteroatoms. The quantitative estimate of drug-likeness (QED) is 0.853. The van der Waals surface area contributed by atoms with E-state index in [1.165, 1.54) is 0 Å². The number of nitrogens with zero attached hydrogens (tertiary/aromatic N) is 1. The Balaban J connectivity index is 2.51. The third-order valence-corrected chi connectivity index (χ3v) is 3.51. The Labute approximate surface area is 91.7 Å². The minimum Gasteiger partial charge on any atom is -0.322 e. The molecule has 1 unspecified atom stereocenters. The van der Waals surface area contributed by atoms with Crippen molar-refractivity contribution in [1.82, 2.24) is 4.98 Å². The summed E-state index contributed by atoms with van der Waals surface area (Å²) in [5.41, 5.74) is 6.90. The van der Waals surface area contributed by atoms with Gasteiger partial charge in [0.2, 0.25) is 0 Å². The van der Waals surface area contributed by atoms with Crippen LogP contribution in [-0.2, 0) is 0 Å². The van der Waals surface area contributed by atoms with Crippen LogP contribution in [0.4, 0.5) is 0 Å². The Morgan fingerprint density at radius 1 is 1.57 bits per heavy atom. The highest BCUT2D eigenvalue weighted by Gasteiger charge is 2.09. The number of hydrogen-bond acceptors (Lipinski definition) is 3. The molecule has 0 amide bonds. The number of fused-ring (bicyclic) bond motifs is 1. The van der Waals surface area contributed by atoms with Crippen molar-refractivity contribution >= 4 is 33.2 Å². The molecule has 0 radical (unpaired) electrons. The zero-order chi connectivity index (χ0) is 10.1. The second-order valence-electron chi connectivity index (χ2n) is 3.18. The fourth-order valence-electron chi connectivity index (χ4n) is 1.25. The predicted octanol–water partition coefficient (Wildman–Crippen LogP) is 3.36. The van der Waals surface area contributed by atoms with Gasteiger partial charge in [-0.2, -0.15) is 0 Å². The van der Waals surface area contributed by atoms with Crippen molar-refractivity contribution < 1.29 is 0 Å². The van der Waals surface area contributed by atoms with Crippen LogP contribution in [0.2, 0.25) is 5.02 Å². The molecule has 1 heterocycles. The number of thiazole rings is 1. The molecular weight excluding hydrogens is 216 g/mol. The summed E-state index contributed by atoms with van der Waals surface area (Å²) in [5, 5.41) is 1.74. The van der Waals surface area contributed by atoms with E-state index in [4.69, 9.17) is 17.3 Å². The highest BCUT2D eigenvalue weighted by molar-refractivity contribution is 7.18. The maximum absolute atomic E-state index is 5.91. The van der Waals surface area contributed by atoms with Crippen LogP contribution in [0.1, 0.15) is 24.4 Å². The Kier molecular flexibility index (Phi) is 2.72. The molecule has 74 valence electrons. The summed E-state index contributed by atoms with van der Waals surface area (Å²) in [5.74, 6) is 0. The fraction of sp³-hybridized carbons (Fsp3) is 0.300. The van der Waals surface area contributed by atoms with Gasteiger partial charge in [0.1, 0.15) is 5.01 Å². The first-order chi connectivity index (χ1) is 6.70. The lowest BCUT2D eigenvalue weighted by atomic mass is 10.2. The van der Waals surface area contributed by atoms with E-state index in [0.717, 1.165) is 26.7 Å². The Hall–Kier alpha value is -0.640. The molecule has 0 bridgehead atoms. The normalized spacial score (nSPS) is 13.4. The first-order valence-corrected chi connectivity index (χ1v) is 5.71. The second kappa shape index (κ2) is 3.85. The van der Waals surface area contributed by atoms with Crippen LogP contribution in [0.25, 0.3) is 10.2 Å². The van der Waals surface area contributed by atoms with Crippen molar-refractivity contribution in [3.05, 3.63) is 28.2 Å². The largest absolute Gasteiger partial charge is 0.322 e. The molecule has 2 aromatic rings. The molecule has 2 N–H and O–H groups in total.